The van der Waals surface area contributed by atoms with Crippen LogP contribution < -0.4 is 9.80 Å². The smallest absolute Gasteiger partial charge is 0.257 e. The molecular weight excluding hydrogens is 393 g/mol. The van der Waals surface area contributed by atoms with Gasteiger partial charge in [-0.1, -0.05) is 18.2 Å². The van der Waals surface area contributed by atoms with E-state index >= 15 is 0 Å². The van der Waals surface area contributed by atoms with Crippen molar-refractivity contribution < 1.29 is 13.6 Å². The maximum atomic E-state index is 13.2. The summed E-state index contributed by atoms with van der Waals surface area (Å²) >= 11 is 0. The molecule has 5 nitrogen and oxygen atoms in total. The number of piperazine rings is 1. The third-order valence-electron chi connectivity index (χ3n) is 6.40. The summed E-state index contributed by atoms with van der Waals surface area (Å²) in [7, 11) is 0. The number of amides is 1. The Kier molecular flexibility index (Phi) is 5.14. The van der Waals surface area contributed by atoms with Crippen LogP contribution in [0, 0.1) is 5.82 Å². The van der Waals surface area contributed by atoms with Crippen LogP contribution in [0.3, 0.4) is 0 Å². The minimum atomic E-state index is -0.236. The highest BCUT2D eigenvalue weighted by Crippen LogP contribution is 2.33. The van der Waals surface area contributed by atoms with Crippen LogP contribution in [-0.2, 0) is 13.0 Å². The van der Waals surface area contributed by atoms with E-state index in [0.29, 0.717) is 31.2 Å². The molecule has 1 amide bonds. The lowest BCUT2D eigenvalue weighted by atomic mass is 10.1. The second-order valence-corrected chi connectivity index (χ2v) is 8.32. The molecule has 31 heavy (non-hydrogen) atoms. The van der Waals surface area contributed by atoms with Gasteiger partial charge >= 0.3 is 0 Å². The fourth-order valence-corrected chi connectivity index (χ4v) is 4.67. The molecule has 1 saturated heterocycles. The van der Waals surface area contributed by atoms with Crippen LogP contribution in [0.25, 0.3) is 0 Å². The van der Waals surface area contributed by atoms with Crippen molar-refractivity contribution in [1.82, 2.24) is 4.90 Å². The number of furan rings is 1. The van der Waals surface area contributed by atoms with E-state index in [1.165, 1.54) is 23.4 Å². The molecule has 0 bridgehead atoms. The highest BCUT2D eigenvalue weighted by molar-refractivity contribution is 5.95. The van der Waals surface area contributed by atoms with Crippen LogP contribution in [0.15, 0.2) is 65.3 Å². The zero-order valence-electron chi connectivity index (χ0n) is 17.6. The Bertz CT molecular complexity index is 1070. The van der Waals surface area contributed by atoms with Gasteiger partial charge in [-0.15, -0.1) is 0 Å². The molecule has 2 aromatic carbocycles. The van der Waals surface area contributed by atoms with Gasteiger partial charge in [-0.25, -0.2) is 4.39 Å². The Labute approximate surface area is 181 Å². The van der Waals surface area contributed by atoms with Gasteiger partial charge in [0.25, 0.3) is 5.91 Å². The molecule has 1 fully saturated rings. The first kappa shape index (κ1) is 19.7. The van der Waals surface area contributed by atoms with Crippen molar-refractivity contribution in [1.29, 1.82) is 0 Å². The number of para-hydroxylation sites is 1. The van der Waals surface area contributed by atoms with E-state index < -0.39 is 0 Å². The summed E-state index contributed by atoms with van der Waals surface area (Å²) in [6, 6.07) is 17.1. The largest absolute Gasteiger partial charge is 0.467 e. The number of nitrogens with zero attached hydrogens (tertiary/aromatic N) is 3. The van der Waals surface area contributed by atoms with Gasteiger partial charge in [0.2, 0.25) is 0 Å². The van der Waals surface area contributed by atoms with Gasteiger partial charge < -0.3 is 19.1 Å². The molecular formula is C25H26FN3O2. The summed E-state index contributed by atoms with van der Waals surface area (Å²) < 4.78 is 19.0. The van der Waals surface area contributed by atoms with E-state index in [1.807, 2.05) is 4.90 Å². The minimum absolute atomic E-state index is 0.0163. The molecule has 3 heterocycles. The summed E-state index contributed by atoms with van der Waals surface area (Å²) in [4.78, 5) is 19.6. The number of hydrogen-bond donors (Lipinski definition) is 0. The molecule has 2 aliphatic heterocycles. The standard InChI is InChI=1S/C25H26FN3O2/c1-18-16-19-4-2-3-5-23(19)29(18)17-24-22(10-15-31-24)25(30)28-13-11-27(12-14-28)21-8-6-20(26)7-9-21/h2-10,15,18H,11-14,16-17H2,1H3. The zero-order chi connectivity index (χ0) is 21.4. The molecule has 1 aromatic heterocycles. The Hall–Kier alpha value is -3.28. The molecule has 2 aliphatic rings. The van der Waals surface area contributed by atoms with E-state index in [9.17, 15) is 9.18 Å². The third-order valence-corrected chi connectivity index (χ3v) is 6.40. The van der Waals surface area contributed by atoms with Crippen LogP contribution in [0.5, 0.6) is 0 Å². The zero-order valence-corrected chi connectivity index (χ0v) is 17.6. The second-order valence-electron chi connectivity index (χ2n) is 8.32. The van der Waals surface area contributed by atoms with Crippen molar-refractivity contribution in [3.63, 3.8) is 0 Å². The number of halogens is 1. The Morgan fingerprint density at radius 3 is 2.55 bits per heavy atom. The van der Waals surface area contributed by atoms with E-state index in [4.69, 9.17) is 4.42 Å². The van der Waals surface area contributed by atoms with Crippen LogP contribution >= 0.6 is 0 Å². The molecule has 0 radical (unpaired) electrons. The first-order chi connectivity index (χ1) is 15.1. The van der Waals surface area contributed by atoms with Gasteiger partial charge in [-0.2, -0.15) is 0 Å². The maximum Gasteiger partial charge on any atom is 0.257 e. The van der Waals surface area contributed by atoms with E-state index in [0.717, 1.165) is 31.0 Å². The van der Waals surface area contributed by atoms with Gasteiger partial charge in [0.1, 0.15) is 11.6 Å². The van der Waals surface area contributed by atoms with Crippen molar-refractivity contribution in [2.75, 3.05) is 36.0 Å². The van der Waals surface area contributed by atoms with Gasteiger partial charge in [-0.05, 0) is 55.3 Å². The summed E-state index contributed by atoms with van der Waals surface area (Å²) in [5.41, 5.74) is 4.19. The van der Waals surface area contributed by atoms with Crippen molar-refractivity contribution in [3.8, 4) is 0 Å². The molecule has 0 spiro atoms. The Morgan fingerprint density at radius 1 is 1.03 bits per heavy atom. The fourth-order valence-electron chi connectivity index (χ4n) is 4.67. The number of fused-ring (bicyclic) bond motifs is 1. The number of rotatable bonds is 4. The molecule has 0 saturated carbocycles. The number of benzene rings is 2. The molecule has 1 atom stereocenters. The normalized spacial score (nSPS) is 18.4. The number of carbonyl (C=O) groups is 1. The van der Waals surface area contributed by atoms with Gasteiger partial charge in [0.05, 0.1) is 18.4 Å². The average Bonchev–Trinajstić information content (AvgIpc) is 3.38. The molecule has 0 aliphatic carbocycles. The number of hydrogen-bond acceptors (Lipinski definition) is 4. The fraction of sp³-hybridized carbons (Fsp3) is 0.320. The summed E-state index contributed by atoms with van der Waals surface area (Å²) in [6.07, 6.45) is 2.62. The SMILES string of the molecule is CC1Cc2ccccc2N1Cc1occc1C(=O)N1CCN(c2ccc(F)cc2)CC1. The van der Waals surface area contributed by atoms with Gasteiger partial charge in [0.15, 0.2) is 0 Å². The quantitative estimate of drug-likeness (QED) is 0.631. The Balaban J connectivity index is 1.27. The van der Waals surface area contributed by atoms with Crippen LogP contribution in [0.1, 0.15) is 28.6 Å². The highest BCUT2D eigenvalue weighted by Gasteiger charge is 2.30. The predicted octanol–water partition coefficient (Wildman–Crippen LogP) is 4.33. The summed E-state index contributed by atoms with van der Waals surface area (Å²) in [5, 5.41) is 0. The first-order valence-corrected chi connectivity index (χ1v) is 10.8. The predicted molar refractivity (Wildman–Crippen MR) is 119 cm³/mol. The van der Waals surface area contributed by atoms with E-state index in [1.54, 1.807) is 24.5 Å². The second kappa shape index (κ2) is 8.10. The van der Waals surface area contributed by atoms with Crippen molar-refractivity contribution in [3.05, 3.63) is 83.6 Å². The molecule has 6 heteroatoms. The van der Waals surface area contributed by atoms with Crippen molar-refractivity contribution >= 4 is 17.3 Å². The Morgan fingerprint density at radius 2 is 1.77 bits per heavy atom. The van der Waals surface area contributed by atoms with Crippen molar-refractivity contribution in [2.24, 2.45) is 0 Å². The molecule has 0 N–H and O–H groups in total. The van der Waals surface area contributed by atoms with Gasteiger partial charge in [0, 0.05) is 43.6 Å². The third kappa shape index (κ3) is 3.78. The highest BCUT2D eigenvalue weighted by atomic mass is 19.1. The number of anilines is 2. The maximum absolute atomic E-state index is 13.2. The minimum Gasteiger partial charge on any atom is -0.467 e. The lowest BCUT2D eigenvalue weighted by molar-refractivity contribution is 0.0744. The van der Waals surface area contributed by atoms with Crippen LogP contribution in [-0.4, -0.2) is 43.0 Å². The number of carbonyl (C=O) groups excluding carboxylic acids is 1. The molecule has 5 rings (SSSR count). The molecule has 3 aromatic rings. The van der Waals surface area contributed by atoms with E-state index in [-0.39, 0.29) is 11.7 Å². The van der Waals surface area contributed by atoms with Crippen LogP contribution in [0.4, 0.5) is 15.8 Å². The lowest BCUT2D eigenvalue weighted by Crippen LogP contribution is -2.49. The summed E-state index contributed by atoms with van der Waals surface area (Å²) in [5.74, 6) is 0.497. The molecule has 1 unspecified atom stereocenters. The monoisotopic (exact) mass is 419 g/mol. The first-order valence-electron chi connectivity index (χ1n) is 10.8. The van der Waals surface area contributed by atoms with Gasteiger partial charge in [-0.3, -0.25) is 4.79 Å². The van der Waals surface area contributed by atoms with Crippen molar-refractivity contribution in [2.45, 2.75) is 25.9 Å². The average molecular weight is 420 g/mol. The lowest BCUT2D eigenvalue weighted by Gasteiger charge is -2.36. The van der Waals surface area contributed by atoms with E-state index in [2.05, 4.69) is 41.0 Å². The molecule has 160 valence electrons. The van der Waals surface area contributed by atoms with Crippen LogP contribution in [0.2, 0.25) is 0 Å². The topological polar surface area (TPSA) is 39.9 Å². The summed E-state index contributed by atoms with van der Waals surface area (Å²) in [6.45, 7) is 5.50.